The molecule has 0 saturated carbocycles. The first kappa shape index (κ1) is 20.7. The predicted molar refractivity (Wildman–Crippen MR) is 126 cm³/mol. The standard InChI is InChI=1S/C23H23FN6OS/c1-14-11-16(15(2)29(14)18-8-6-7-17(24)13-18)12-19-20(25)30-22(26-21(19)31)32-23(27-30)28-9-4-3-5-10-28/h6-8,11-13,25H,3-5,9-10H2,1-2H3/b19-12-,25-20?. The maximum absolute atomic E-state index is 13.8. The van der Waals surface area contributed by atoms with Crippen LogP contribution in [0.1, 0.15) is 36.2 Å². The van der Waals surface area contributed by atoms with Crippen LogP contribution in [0.3, 0.4) is 0 Å². The third kappa shape index (κ3) is 3.56. The van der Waals surface area contributed by atoms with Gasteiger partial charge in [0.25, 0.3) is 5.91 Å². The van der Waals surface area contributed by atoms with E-state index >= 15 is 0 Å². The van der Waals surface area contributed by atoms with E-state index in [1.807, 2.05) is 30.5 Å². The van der Waals surface area contributed by atoms with E-state index in [2.05, 4.69) is 15.0 Å². The van der Waals surface area contributed by atoms with Crippen molar-refractivity contribution < 1.29 is 9.18 Å². The topological polar surface area (TPSA) is 77.1 Å². The van der Waals surface area contributed by atoms with Crippen molar-refractivity contribution in [1.82, 2.24) is 14.5 Å². The number of carbonyl (C=O) groups is 1. The Morgan fingerprint density at radius 1 is 1.12 bits per heavy atom. The molecule has 0 unspecified atom stereocenters. The molecule has 1 N–H and O–H groups in total. The highest BCUT2D eigenvalue weighted by atomic mass is 32.2. The maximum Gasteiger partial charge on any atom is 0.283 e. The van der Waals surface area contributed by atoms with Gasteiger partial charge >= 0.3 is 0 Å². The zero-order valence-corrected chi connectivity index (χ0v) is 18.7. The molecule has 2 aromatic rings. The van der Waals surface area contributed by atoms with Crippen molar-refractivity contribution in [2.75, 3.05) is 13.1 Å². The van der Waals surface area contributed by atoms with Crippen molar-refractivity contribution in [3.05, 3.63) is 58.7 Å². The number of aryl methyl sites for hydroxylation is 1. The summed E-state index contributed by atoms with van der Waals surface area (Å²) in [5.41, 5.74) is 3.44. The van der Waals surface area contributed by atoms with Crippen molar-refractivity contribution in [3.8, 4) is 5.69 Å². The first-order valence-electron chi connectivity index (χ1n) is 10.6. The van der Waals surface area contributed by atoms with Gasteiger partial charge in [0.05, 0.1) is 5.57 Å². The minimum atomic E-state index is -0.445. The van der Waals surface area contributed by atoms with Crippen LogP contribution in [0.2, 0.25) is 0 Å². The predicted octanol–water partition coefficient (Wildman–Crippen LogP) is 4.30. The molecule has 0 radical (unpaired) electrons. The largest absolute Gasteiger partial charge is 0.349 e. The molecule has 32 heavy (non-hydrogen) atoms. The number of fused-ring (bicyclic) bond motifs is 1. The van der Waals surface area contributed by atoms with Crippen LogP contribution >= 0.6 is 11.8 Å². The van der Waals surface area contributed by atoms with Gasteiger partial charge in [-0.3, -0.25) is 10.2 Å². The zero-order chi connectivity index (χ0) is 22.4. The van der Waals surface area contributed by atoms with E-state index in [-0.39, 0.29) is 17.2 Å². The summed E-state index contributed by atoms with van der Waals surface area (Å²) in [5, 5.41) is 15.9. The SMILES string of the molecule is Cc1cc(/C=C2/C(=N)N3N=C(N4CCCCC4)SC3=NC2=O)c(C)n1-c1cccc(F)c1. The van der Waals surface area contributed by atoms with Gasteiger partial charge in [-0.2, -0.15) is 10.0 Å². The molecule has 5 rings (SSSR count). The van der Waals surface area contributed by atoms with E-state index in [1.165, 1.54) is 35.3 Å². The summed E-state index contributed by atoms with van der Waals surface area (Å²) < 4.78 is 15.7. The molecule has 0 atom stereocenters. The number of hydrogen-bond donors (Lipinski definition) is 1. The van der Waals surface area contributed by atoms with Gasteiger partial charge < -0.3 is 9.47 Å². The summed E-state index contributed by atoms with van der Waals surface area (Å²) in [6.45, 7) is 5.71. The first-order valence-corrected chi connectivity index (χ1v) is 11.4. The molecule has 3 aliphatic rings. The van der Waals surface area contributed by atoms with Crippen LogP contribution in [0.5, 0.6) is 0 Å². The average Bonchev–Trinajstić information content (AvgIpc) is 3.32. The summed E-state index contributed by atoms with van der Waals surface area (Å²) in [6, 6.07) is 8.31. The molecule has 0 spiro atoms. The molecule has 1 aromatic heterocycles. The fourth-order valence-electron chi connectivity index (χ4n) is 4.30. The van der Waals surface area contributed by atoms with Gasteiger partial charge in [-0.25, -0.2) is 4.39 Å². The van der Waals surface area contributed by atoms with Crippen LogP contribution < -0.4 is 0 Å². The second kappa shape index (κ2) is 8.05. The average molecular weight is 451 g/mol. The fraction of sp³-hybridized carbons (Fsp3) is 0.304. The number of rotatable bonds is 2. The molecule has 164 valence electrons. The van der Waals surface area contributed by atoms with Crippen molar-refractivity contribution in [3.63, 3.8) is 0 Å². The van der Waals surface area contributed by atoms with E-state index in [4.69, 9.17) is 5.41 Å². The number of aromatic nitrogens is 1. The minimum Gasteiger partial charge on any atom is -0.349 e. The Bertz CT molecular complexity index is 1220. The van der Waals surface area contributed by atoms with Crippen LogP contribution in [-0.4, -0.2) is 49.6 Å². The van der Waals surface area contributed by atoms with Crippen molar-refractivity contribution >= 4 is 39.9 Å². The van der Waals surface area contributed by atoms with E-state index in [9.17, 15) is 9.18 Å². The van der Waals surface area contributed by atoms with E-state index < -0.39 is 5.91 Å². The number of benzene rings is 1. The molecule has 0 bridgehead atoms. The lowest BCUT2D eigenvalue weighted by Crippen LogP contribution is -2.35. The highest BCUT2D eigenvalue weighted by Crippen LogP contribution is 2.31. The number of aliphatic imine (C=N–C) groups is 1. The zero-order valence-electron chi connectivity index (χ0n) is 17.9. The summed E-state index contributed by atoms with van der Waals surface area (Å²) in [6.07, 6.45) is 5.14. The number of likely N-dealkylation sites (tertiary alicyclic amines) is 1. The normalized spacial score (nSPS) is 20.0. The number of thioether (sulfide) groups is 1. The highest BCUT2D eigenvalue weighted by molar-refractivity contribution is 8.26. The Balaban J connectivity index is 1.48. The highest BCUT2D eigenvalue weighted by Gasteiger charge is 2.37. The number of nitrogens with one attached hydrogen (secondary N) is 1. The molecule has 0 aliphatic carbocycles. The number of carbonyl (C=O) groups excluding carboxylic acids is 1. The smallest absolute Gasteiger partial charge is 0.283 e. The van der Waals surface area contributed by atoms with Gasteiger partial charge in [-0.1, -0.05) is 6.07 Å². The van der Waals surface area contributed by atoms with Crippen molar-refractivity contribution in [2.24, 2.45) is 10.1 Å². The number of nitrogens with zero attached hydrogens (tertiary/aromatic N) is 5. The number of halogens is 1. The van der Waals surface area contributed by atoms with Crippen LogP contribution in [0.15, 0.2) is 46.0 Å². The summed E-state index contributed by atoms with van der Waals surface area (Å²) in [5.74, 6) is -0.732. The number of piperidine rings is 1. The lowest BCUT2D eigenvalue weighted by Gasteiger charge is -2.26. The quantitative estimate of drug-likeness (QED) is 0.693. The molecule has 7 nitrogen and oxygen atoms in total. The maximum atomic E-state index is 13.8. The number of amides is 1. The van der Waals surface area contributed by atoms with Crippen LogP contribution in [0, 0.1) is 25.1 Å². The molecule has 1 fully saturated rings. The van der Waals surface area contributed by atoms with Gasteiger partial charge in [-0.05, 0) is 80.8 Å². The van der Waals surface area contributed by atoms with Gasteiger partial charge in [0, 0.05) is 30.2 Å². The molecule has 9 heteroatoms. The van der Waals surface area contributed by atoms with Gasteiger partial charge in [0.1, 0.15) is 5.82 Å². The fourth-order valence-corrected chi connectivity index (χ4v) is 5.24. The van der Waals surface area contributed by atoms with Crippen LogP contribution in [0.25, 0.3) is 11.8 Å². The summed E-state index contributed by atoms with van der Waals surface area (Å²) >= 11 is 1.35. The van der Waals surface area contributed by atoms with E-state index in [0.29, 0.717) is 10.9 Å². The van der Waals surface area contributed by atoms with Gasteiger partial charge in [-0.15, -0.1) is 5.10 Å². The number of hydrogen-bond acceptors (Lipinski definition) is 5. The minimum absolute atomic E-state index is 0.0232. The summed E-state index contributed by atoms with van der Waals surface area (Å²) in [7, 11) is 0. The lowest BCUT2D eigenvalue weighted by molar-refractivity contribution is -0.114. The molecule has 3 aliphatic heterocycles. The Labute approximate surface area is 189 Å². The first-order chi connectivity index (χ1) is 15.4. The third-order valence-electron chi connectivity index (χ3n) is 5.91. The Hall–Kier alpha value is -3.20. The Kier molecular flexibility index (Phi) is 5.21. The number of amidine groups is 3. The summed E-state index contributed by atoms with van der Waals surface area (Å²) in [4.78, 5) is 19.2. The molecular weight excluding hydrogens is 427 g/mol. The second-order valence-electron chi connectivity index (χ2n) is 8.09. The van der Waals surface area contributed by atoms with Crippen molar-refractivity contribution in [2.45, 2.75) is 33.1 Å². The Morgan fingerprint density at radius 2 is 1.91 bits per heavy atom. The van der Waals surface area contributed by atoms with Gasteiger partial charge in [0.15, 0.2) is 11.0 Å². The third-order valence-corrected chi connectivity index (χ3v) is 6.88. The van der Waals surface area contributed by atoms with Crippen LogP contribution in [-0.2, 0) is 4.79 Å². The monoisotopic (exact) mass is 450 g/mol. The lowest BCUT2D eigenvalue weighted by atomic mass is 10.1. The molecule has 1 amide bonds. The second-order valence-corrected chi connectivity index (χ2v) is 9.03. The van der Waals surface area contributed by atoms with Crippen LogP contribution in [0.4, 0.5) is 4.39 Å². The molecular formula is C23H23FN6OS. The molecule has 1 aromatic carbocycles. The number of hydrazone groups is 1. The van der Waals surface area contributed by atoms with E-state index in [0.717, 1.165) is 48.1 Å². The Morgan fingerprint density at radius 3 is 2.66 bits per heavy atom. The van der Waals surface area contributed by atoms with E-state index in [1.54, 1.807) is 12.1 Å². The van der Waals surface area contributed by atoms with Crippen molar-refractivity contribution in [1.29, 1.82) is 5.41 Å². The molecule has 1 saturated heterocycles. The molecule has 4 heterocycles. The van der Waals surface area contributed by atoms with Gasteiger partial charge in [0.2, 0.25) is 5.17 Å².